The fourth-order valence-electron chi connectivity index (χ4n) is 3.47. The summed E-state index contributed by atoms with van der Waals surface area (Å²) in [6, 6.07) is 6.10. The lowest BCUT2D eigenvalue weighted by Crippen LogP contribution is -2.35. The summed E-state index contributed by atoms with van der Waals surface area (Å²) >= 11 is 0. The molecule has 0 aliphatic carbocycles. The quantitative estimate of drug-likeness (QED) is 0.786. The molecule has 0 N–H and O–H groups in total. The molecule has 2 heterocycles. The van der Waals surface area contributed by atoms with E-state index in [1.54, 1.807) is 0 Å². The first-order chi connectivity index (χ1) is 11.7. The van der Waals surface area contributed by atoms with E-state index in [1.807, 2.05) is 6.07 Å². The third kappa shape index (κ3) is 4.20. The van der Waals surface area contributed by atoms with Crippen LogP contribution in [0.5, 0.6) is 0 Å². The Morgan fingerprint density at radius 1 is 1.29 bits per heavy atom. The second-order valence-electron chi connectivity index (χ2n) is 6.62. The molecule has 0 radical (unpaired) electrons. The number of piperidine rings is 1. The second-order valence-corrected chi connectivity index (χ2v) is 6.62. The van der Waals surface area contributed by atoms with E-state index in [9.17, 15) is 8.78 Å². The largest absolute Gasteiger partial charge is 0.360 e. The summed E-state index contributed by atoms with van der Waals surface area (Å²) in [4.78, 5) is 2.35. The first kappa shape index (κ1) is 17.1. The van der Waals surface area contributed by atoms with Gasteiger partial charge in [0.25, 0.3) is 0 Å². The van der Waals surface area contributed by atoms with Crippen molar-refractivity contribution in [3.63, 3.8) is 0 Å². The zero-order valence-electron chi connectivity index (χ0n) is 14.1. The molecular weight excluding hydrogens is 310 g/mol. The van der Waals surface area contributed by atoms with E-state index in [0.29, 0.717) is 12.3 Å². The van der Waals surface area contributed by atoms with Crippen LogP contribution in [0.2, 0.25) is 0 Å². The molecule has 130 valence electrons. The van der Waals surface area contributed by atoms with Gasteiger partial charge < -0.3 is 4.52 Å². The van der Waals surface area contributed by atoms with E-state index in [2.05, 4.69) is 17.0 Å². The molecule has 3 rings (SSSR count). The molecule has 24 heavy (non-hydrogen) atoms. The summed E-state index contributed by atoms with van der Waals surface area (Å²) in [6.45, 7) is 4.79. The van der Waals surface area contributed by atoms with Crippen LogP contribution in [-0.4, -0.2) is 23.1 Å². The van der Waals surface area contributed by atoms with Crippen LogP contribution in [0.15, 0.2) is 28.8 Å². The maximum Gasteiger partial charge on any atom is 0.150 e. The van der Waals surface area contributed by atoms with Gasteiger partial charge in [-0.05, 0) is 56.7 Å². The van der Waals surface area contributed by atoms with E-state index >= 15 is 0 Å². The van der Waals surface area contributed by atoms with Crippen LogP contribution >= 0.6 is 0 Å². The number of rotatable bonds is 6. The summed E-state index contributed by atoms with van der Waals surface area (Å²) in [6.07, 6.45) is 4.37. The number of nitrogens with zero attached hydrogens (tertiary/aromatic N) is 2. The van der Waals surface area contributed by atoms with E-state index in [0.717, 1.165) is 56.8 Å². The average Bonchev–Trinajstić information content (AvgIpc) is 3.02. The van der Waals surface area contributed by atoms with Crippen molar-refractivity contribution in [1.82, 2.24) is 10.1 Å². The number of hydrogen-bond donors (Lipinski definition) is 0. The number of benzene rings is 1. The zero-order chi connectivity index (χ0) is 16.9. The Hall–Kier alpha value is -1.75. The van der Waals surface area contributed by atoms with Crippen molar-refractivity contribution in [2.75, 3.05) is 13.1 Å². The smallest absolute Gasteiger partial charge is 0.150 e. The third-order valence-corrected chi connectivity index (χ3v) is 4.82. The molecule has 0 saturated carbocycles. The summed E-state index contributed by atoms with van der Waals surface area (Å²) < 4.78 is 32.8. The molecular formula is C19H24F2N2O. The Kier molecular flexibility index (Phi) is 5.61. The predicted molar refractivity (Wildman–Crippen MR) is 88.6 cm³/mol. The highest BCUT2D eigenvalue weighted by Gasteiger charge is 2.22. The normalized spacial score (nSPS) is 18.9. The van der Waals surface area contributed by atoms with Crippen LogP contribution in [0.25, 0.3) is 0 Å². The van der Waals surface area contributed by atoms with Crippen molar-refractivity contribution in [3.05, 3.63) is 52.9 Å². The van der Waals surface area contributed by atoms with Crippen LogP contribution in [0.1, 0.15) is 43.2 Å². The van der Waals surface area contributed by atoms with Gasteiger partial charge in [-0.25, -0.2) is 8.78 Å². The number of halogens is 2. The fraction of sp³-hybridized carbons (Fsp3) is 0.526. The van der Waals surface area contributed by atoms with Crippen molar-refractivity contribution in [1.29, 1.82) is 0 Å². The Balaban J connectivity index is 1.53. The van der Waals surface area contributed by atoms with Crippen LogP contribution in [0.4, 0.5) is 8.78 Å². The van der Waals surface area contributed by atoms with Crippen molar-refractivity contribution in [2.24, 2.45) is 5.92 Å². The van der Waals surface area contributed by atoms with E-state index in [1.165, 1.54) is 18.2 Å². The predicted octanol–water partition coefficient (Wildman–Crippen LogP) is 4.36. The first-order valence-electron chi connectivity index (χ1n) is 8.75. The minimum atomic E-state index is -0.434. The fourth-order valence-corrected chi connectivity index (χ4v) is 3.47. The molecule has 1 atom stereocenters. The maximum absolute atomic E-state index is 13.7. The lowest BCUT2D eigenvalue weighted by Gasteiger charge is -2.32. The van der Waals surface area contributed by atoms with Gasteiger partial charge in [-0.3, -0.25) is 4.90 Å². The van der Waals surface area contributed by atoms with Gasteiger partial charge in [-0.15, -0.1) is 0 Å². The van der Waals surface area contributed by atoms with Gasteiger partial charge in [-0.2, -0.15) is 0 Å². The number of hydrogen-bond acceptors (Lipinski definition) is 3. The van der Waals surface area contributed by atoms with Gasteiger partial charge >= 0.3 is 0 Å². The lowest BCUT2D eigenvalue weighted by molar-refractivity contribution is 0.147. The topological polar surface area (TPSA) is 29.3 Å². The van der Waals surface area contributed by atoms with Crippen LogP contribution in [0.3, 0.4) is 0 Å². The van der Waals surface area contributed by atoms with Crippen LogP contribution in [0, 0.1) is 17.6 Å². The molecule has 0 amide bonds. The number of likely N-dealkylation sites (tertiary alicyclic amines) is 1. The molecule has 1 saturated heterocycles. The van der Waals surface area contributed by atoms with Gasteiger partial charge in [0.2, 0.25) is 0 Å². The summed E-state index contributed by atoms with van der Waals surface area (Å²) in [5.74, 6) is 0.492. The Morgan fingerprint density at radius 3 is 2.79 bits per heavy atom. The van der Waals surface area contributed by atoms with Gasteiger partial charge in [0.15, 0.2) is 5.76 Å². The highest BCUT2D eigenvalue weighted by atomic mass is 19.1. The monoisotopic (exact) mass is 334 g/mol. The lowest BCUT2D eigenvalue weighted by atomic mass is 9.91. The van der Waals surface area contributed by atoms with E-state index < -0.39 is 11.6 Å². The van der Waals surface area contributed by atoms with Gasteiger partial charge in [0.05, 0.1) is 12.2 Å². The highest BCUT2D eigenvalue weighted by Crippen LogP contribution is 2.24. The van der Waals surface area contributed by atoms with Crippen molar-refractivity contribution >= 4 is 0 Å². The minimum Gasteiger partial charge on any atom is -0.360 e. The summed E-state index contributed by atoms with van der Waals surface area (Å²) in [5.41, 5.74) is 1.20. The number of aromatic nitrogens is 1. The zero-order valence-corrected chi connectivity index (χ0v) is 14.1. The van der Waals surface area contributed by atoms with Crippen LogP contribution in [-0.2, 0) is 19.4 Å². The molecule has 1 aromatic carbocycles. The molecule has 1 aliphatic rings. The molecule has 1 aliphatic heterocycles. The van der Waals surface area contributed by atoms with Gasteiger partial charge in [-0.1, -0.05) is 18.1 Å². The molecule has 1 aromatic heterocycles. The number of aryl methyl sites for hydroxylation is 1. The molecule has 0 unspecified atom stereocenters. The van der Waals surface area contributed by atoms with Gasteiger partial charge in [0, 0.05) is 18.2 Å². The summed E-state index contributed by atoms with van der Waals surface area (Å²) in [7, 11) is 0. The Bertz CT molecular complexity index is 651. The maximum atomic E-state index is 13.7. The minimum absolute atomic E-state index is 0.220. The molecule has 1 fully saturated rings. The Labute approximate surface area is 141 Å². The average molecular weight is 334 g/mol. The molecule has 3 nitrogen and oxygen atoms in total. The van der Waals surface area contributed by atoms with Crippen molar-refractivity contribution < 1.29 is 13.3 Å². The summed E-state index contributed by atoms with van der Waals surface area (Å²) in [5, 5.41) is 4.03. The molecule has 2 aromatic rings. The second kappa shape index (κ2) is 7.88. The standard InChI is InChI=1S/C19H24F2N2O/c1-2-15-11-16(24-22-15)13-23-10-4-5-14(12-23)8-9-17-18(20)6-3-7-19(17)21/h3,6-7,11,14H,2,4-5,8-10,12-13H2,1H3/t14-/m1/s1. The Morgan fingerprint density at radius 2 is 2.08 bits per heavy atom. The molecule has 0 spiro atoms. The first-order valence-corrected chi connectivity index (χ1v) is 8.75. The van der Waals surface area contributed by atoms with Crippen molar-refractivity contribution in [2.45, 2.75) is 45.6 Å². The van der Waals surface area contributed by atoms with Gasteiger partial charge in [0.1, 0.15) is 11.6 Å². The third-order valence-electron chi connectivity index (χ3n) is 4.82. The highest BCUT2D eigenvalue weighted by molar-refractivity contribution is 5.19. The van der Waals surface area contributed by atoms with E-state index in [4.69, 9.17) is 4.52 Å². The molecule has 5 heteroatoms. The van der Waals surface area contributed by atoms with Crippen molar-refractivity contribution in [3.8, 4) is 0 Å². The molecule has 0 bridgehead atoms. The van der Waals surface area contributed by atoms with E-state index in [-0.39, 0.29) is 5.56 Å². The SMILES string of the molecule is CCc1cc(CN2CCC[C@H](CCc3c(F)cccc3F)C2)on1. The van der Waals surface area contributed by atoms with Crippen LogP contribution < -0.4 is 0 Å².